The van der Waals surface area contributed by atoms with Crippen molar-refractivity contribution in [2.45, 2.75) is 37.5 Å². The van der Waals surface area contributed by atoms with Gasteiger partial charge in [-0.3, -0.25) is 0 Å². The Bertz CT molecular complexity index is 761. The van der Waals surface area contributed by atoms with Gasteiger partial charge in [0.05, 0.1) is 9.79 Å². The third-order valence-corrected chi connectivity index (χ3v) is 9.00. The van der Waals surface area contributed by atoms with E-state index in [2.05, 4.69) is 45.2 Å². The molecule has 0 saturated heterocycles. The van der Waals surface area contributed by atoms with Crippen molar-refractivity contribution in [3.63, 3.8) is 0 Å². The van der Waals surface area contributed by atoms with E-state index in [0.717, 1.165) is 29.4 Å². The van der Waals surface area contributed by atoms with Crippen LogP contribution in [0.5, 0.6) is 0 Å². The topological polar surface area (TPSA) is 34.1 Å². The van der Waals surface area contributed by atoms with E-state index in [9.17, 15) is 8.42 Å². The monoisotopic (exact) mass is 526 g/mol. The molecule has 2 aromatic carbocycles. The minimum absolute atomic E-state index is 0.403. The predicted molar refractivity (Wildman–Crippen MR) is 103 cm³/mol. The van der Waals surface area contributed by atoms with Crippen molar-refractivity contribution in [2.24, 2.45) is 0 Å². The van der Waals surface area contributed by atoms with Gasteiger partial charge in [-0.2, -0.15) is 0 Å². The molecule has 2 nitrogen and oxygen atoms in total. The first-order chi connectivity index (χ1) is 9.67. The quantitative estimate of drug-likeness (QED) is 0.519. The van der Waals surface area contributed by atoms with Crippen molar-refractivity contribution in [3.05, 3.63) is 53.7 Å². The van der Waals surface area contributed by atoms with E-state index < -0.39 is 9.84 Å². The molecule has 0 aromatic heterocycles. The number of hydrogen-bond donors (Lipinski definition) is 0. The zero-order chi connectivity index (χ0) is 15.9. The highest BCUT2D eigenvalue weighted by Gasteiger charge is 2.24. The van der Waals surface area contributed by atoms with E-state index in [1.54, 1.807) is 12.1 Å². The van der Waals surface area contributed by atoms with Crippen LogP contribution in [0.1, 0.15) is 22.3 Å². The SMILES string of the molecule is Cc1ccc(S(=O)(=O)c2ccc(C)c(I)c2C)c(C)c1I. The van der Waals surface area contributed by atoms with Crippen LogP contribution in [0, 0.1) is 34.8 Å². The number of halogens is 2. The minimum atomic E-state index is -3.49. The van der Waals surface area contributed by atoms with Gasteiger partial charge in [0.2, 0.25) is 9.84 Å². The lowest BCUT2D eigenvalue weighted by Crippen LogP contribution is -2.09. The molecule has 0 radical (unpaired) electrons. The van der Waals surface area contributed by atoms with Gasteiger partial charge in [0, 0.05) is 7.14 Å². The lowest BCUT2D eigenvalue weighted by Gasteiger charge is -2.14. The molecular formula is C16H16I2O2S. The third-order valence-electron chi connectivity index (χ3n) is 3.64. The molecule has 2 aromatic rings. The molecule has 0 heterocycles. The van der Waals surface area contributed by atoms with Crippen LogP contribution in [0.4, 0.5) is 0 Å². The number of rotatable bonds is 2. The fourth-order valence-corrected chi connectivity index (χ4v) is 5.35. The fraction of sp³-hybridized carbons (Fsp3) is 0.250. The van der Waals surface area contributed by atoms with Gasteiger partial charge in [0.15, 0.2) is 0 Å². The Balaban J connectivity index is 2.75. The average molecular weight is 526 g/mol. The summed E-state index contributed by atoms with van der Waals surface area (Å²) in [5, 5.41) is 0. The molecule has 0 atom stereocenters. The Morgan fingerprint density at radius 1 is 0.714 bits per heavy atom. The van der Waals surface area contributed by atoms with E-state index in [-0.39, 0.29) is 0 Å². The zero-order valence-electron chi connectivity index (χ0n) is 12.3. The second-order valence-electron chi connectivity index (χ2n) is 5.14. The Morgan fingerprint density at radius 2 is 1.05 bits per heavy atom. The second-order valence-corrected chi connectivity index (χ2v) is 9.19. The molecule has 0 spiro atoms. The largest absolute Gasteiger partial charge is 0.218 e. The Hall–Kier alpha value is -0.150. The first-order valence-corrected chi connectivity index (χ1v) is 10.1. The van der Waals surface area contributed by atoms with Crippen molar-refractivity contribution in [3.8, 4) is 0 Å². The first kappa shape index (κ1) is 17.2. The Labute approximate surface area is 153 Å². The smallest absolute Gasteiger partial charge is 0.207 e. The fourth-order valence-electron chi connectivity index (χ4n) is 2.31. The van der Waals surface area contributed by atoms with Crippen molar-refractivity contribution in [2.75, 3.05) is 0 Å². The van der Waals surface area contributed by atoms with Crippen LogP contribution >= 0.6 is 45.2 Å². The average Bonchev–Trinajstić information content (AvgIpc) is 2.41. The zero-order valence-corrected chi connectivity index (χ0v) is 17.4. The van der Waals surface area contributed by atoms with E-state index in [4.69, 9.17) is 0 Å². The summed E-state index contributed by atoms with van der Waals surface area (Å²) in [4.78, 5) is 0.806. The van der Waals surface area contributed by atoms with Gasteiger partial charge in [0.1, 0.15) is 0 Å². The molecule has 112 valence electrons. The van der Waals surface area contributed by atoms with E-state index >= 15 is 0 Å². The molecule has 5 heteroatoms. The van der Waals surface area contributed by atoms with Gasteiger partial charge in [0.25, 0.3) is 0 Å². The number of aryl methyl sites for hydroxylation is 2. The Kier molecular flexibility index (Phi) is 5.04. The van der Waals surface area contributed by atoms with E-state index in [1.807, 2.05) is 39.8 Å². The summed E-state index contributed by atoms with van der Waals surface area (Å²) in [6.07, 6.45) is 0. The van der Waals surface area contributed by atoms with Gasteiger partial charge in [-0.05, 0) is 107 Å². The summed E-state index contributed by atoms with van der Waals surface area (Å²) in [6, 6.07) is 7.18. The summed E-state index contributed by atoms with van der Waals surface area (Å²) in [5.41, 5.74) is 3.85. The molecule has 0 saturated carbocycles. The maximum atomic E-state index is 13.0. The van der Waals surface area contributed by atoms with Crippen molar-refractivity contribution >= 4 is 55.0 Å². The van der Waals surface area contributed by atoms with Gasteiger partial charge in [-0.1, -0.05) is 12.1 Å². The first-order valence-electron chi connectivity index (χ1n) is 6.44. The molecule has 21 heavy (non-hydrogen) atoms. The van der Waals surface area contributed by atoms with Crippen LogP contribution in [-0.2, 0) is 9.84 Å². The molecule has 0 N–H and O–H groups in total. The second kappa shape index (κ2) is 6.16. The summed E-state index contributed by atoms with van der Waals surface area (Å²) < 4.78 is 28.0. The number of hydrogen-bond acceptors (Lipinski definition) is 2. The lowest BCUT2D eigenvalue weighted by molar-refractivity contribution is 0.594. The third kappa shape index (κ3) is 3.01. The lowest BCUT2D eigenvalue weighted by atomic mass is 10.1. The van der Waals surface area contributed by atoms with Crippen LogP contribution in [0.15, 0.2) is 34.1 Å². The van der Waals surface area contributed by atoms with Gasteiger partial charge >= 0.3 is 0 Å². The van der Waals surface area contributed by atoms with Gasteiger partial charge in [-0.15, -0.1) is 0 Å². The van der Waals surface area contributed by atoms with Crippen LogP contribution in [-0.4, -0.2) is 8.42 Å². The normalized spacial score (nSPS) is 11.7. The van der Waals surface area contributed by atoms with Gasteiger partial charge < -0.3 is 0 Å². The molecule has 0 bridgehead atoms. The van der Waals surface area contributed by atoms with Crippen molar-refractivity contribution in [1.29, 1.82) is 0 Å². The maximum absolute atomic E-state index is 13.0. The van der Waals surface area contributed by atoms with Crippen LogP contribution in [0.3, 0.4) is 0 Å². The molecular weight excluding hydrogens is 510 g/mol. The van der Waals surface area contributed by atoms with E-state index in [0.29, 0.717) is 9.79 Å². The maximum Gasteiger partial charge on any atom is 0.207 e. The molecule has 0 aliphatic carbocycles. The molecule has 2 rings (SSSR count). The number of sulfone groups is 1. The van der Waals surface area contributed by atoms with Crippen LogP contribution < -0.4 is 0 Å². The molecule has 0 aliphatic rings. The highest BCUT2D eigenvalue weighted by Crippen LogP contribution is 2.32. The van der Waals surface area contributed by atoms with Gasteiger partial charge in [-0.25, -0.2) is 8.42 Å². The van der Waals surface area contributed by atoms with Crippen molar-refractivity contribution < 1.29 is 8.42 Å². The Morgan fingerprint density at radius 3 is 1.38 bits per heavy atom. The predicted octanol–water partition coefficient (Wildman–Crippen LogP) is 4.96. The minimum Gasteiger partial charge on any atom is -0.218 e. The highest BCUT2D eigenvalue weighted by molar-refractivity contribution is 14.1. The molecule has 0 amide bonds. The molecule has 0 aliphatic heterocycles. The summed E-state index contributed by atoms with van der Waals surface area (Å²) in [5.74, 6) is 0. The standard InChI is InChI=1S/C16H16I2O2S/c1-9-5-7-13(11(3)15(9)17)21(19,20)14-8-6-10(2)16(18)12(14)4/h5-8H,1-4H3. The molecule has 0 fully saturated rings. The van der Waals surface area contributed by atoms with Crippen molar-refractivity contribution in [1.82, 2.24) is 0 Å². The van der Waals surface area contributed by atoms with Crippen LogP contribution in [0.25, 0.3) is 0 Å². The van der Waals surface area contributed by atoms with E-state index in [1.165, 1.54) is 0 Å². The number of benzene rings is 2. The summed E-state index contributed by atoms with van der Waals surface area (Å²) in [6.45, 7) is 7.72. The van der Waals surface area contributed by atoms with Crippen LogP contribution in [0.2, 0.25) is 0 Å². The summed E-state index contributed by atoms with van der Waals surface area (Å²) >= 11 is 4.42. The highest BCUT2D eigenvalue weighted by atomic mass is 127. The molecule has 0 unspecified atom stereocenters. The summed E-state index contributed by atoms with van der Waals surface area (Å²) in [7, 11) is -3.49.